The number of nitrogens with one attached hydrogen (secondary N) is 1. The largest absolute Gasteiger partial charge is 0.383 e. The Morgan fingerprint density at radius 1 is 1.08 bits per heavy atom. The Balaban J connectivity index is 1.54. The third-order valence-corrected chi connectivity index (χ3v) is 4.41. The molecule has 0 spiro atoms. The van der Waals surface area contributed by atoms with E-state index in [2.05, 4.69) is 16.0 Å². The van der Waals surface area contributed by atoms with Gasteiger partial charge in [0.05, 0.1) is 17.6 Å². The number of carbonyl (C=O) groups excluding carboxylic acids is 1. The molecule has 0 atom stereocenters. The zero-order chi connectivity index (χ0) is 18.2. The molecule has 5 nitrogen and oxygen atoms in total. The summed E-state index contributed by atoms with van der Waals surface area (Å²) in [4.78, 5) is 16.8. The maximum Gasteiger partial charge on any atom is 0.220 e. The second-order valence-corrected chi connectivity index (χ2v) is 6.25. The Morgan fingerprint density at radius 2 is 1.85 bits per heavy atom. The van der Waals surface area contributed by atoms with Crippen molar-refractivity contribution in [3.63, 3.8) is 0 Å². The molecule has 2 aromatic carbocycles. The van der Waals surface area contributed by atoms with Gasteiger partial charge in [0.15, 0.2) is 0 Å². The number of carbonyl (C=O) groups is 1. The lowest BCUT2D eigenvalue weighted by molar-refractivity contribution is -0.121. The molecule has 0 bridgehead atoms. The molecular weight excluding hydrogens is 326 g/mol. The number of amides is 1. The van der Waals surface area contributed by atoms with E-state index in [4.69, 9.17) is 9.72 Å². The summed E-state index contributed by atoms with van der Waals surface area (Å²) in [5, 5.41) is 3.01. The number of aromatic nitrogens is 2. The second kappa shape index (κ2) is 9.15. The van der Waals surface area contributed by atoms with Crippen molar-refractivity contribution in [2.45, 2.75) is 25.8 Å². The van der Waals surface area contributed by atoms with Gasteiger partial charge in [-0.25, -0.2) is 4.98 Å². The highest BCUT2D eigenvalue weighted by Crippen LogP contribution is 2.16. The van der Waals surface area contributed by atoms with Gasteiger partial charge < -0.3 is 14.6 Å². The van der Waals surface area contributed by atoms with Gasteiger partial charge in [-0.15, -0.1) is 0 Å². The molecule has 0 radical (unpaired) electrons. The highest BCUT2D eigenvalue weighted by Gasteiger charge is 2.10. The minimum Gasteiger partial charge on any atom is -0.383 e. The predicted molar refractivity (Wildman–Crippen MR) is 103 cm³/mol. The van der Waals surface area contributed by atoms with E-state index in [1.165, 1.54) is 5.56 Å². The molecule has 3 aromatic rings. The summed E-state index contributed by atoms with van der Waals surface area (Å²) >= 11 is 0. The monoisotopic (exact) mass is 351 g/mol. The van der Waals surface area contributed by atoms with E-state index in [0.717, 1.165) is 29.8 Å². The van der Waals surface area contributed by atoms with Crippen LogP contribution in [0.25, 0.3) is 11.0 Å². The topological polar surface area (TPSA) is 56.1 Å². The molecule has 0 unspecified atom stereocenters. The summed E-state index contributed by atoms with van der Waals surface area (Å²) in [7, 11) is 1.70. The number of hydrogen-bond acceptors (Lipinski definition) is 3. The minimum atomic E-state index is 0.0772. The number of fused-ring (bicyclic) bond motifs is 1. The summed E-state index contributed by atoms with van der Waals surface area (Å²) in [6, 6.07) is 18.2. The standard InChI is InChI=1S/C21H25N3O2/c1-26-16-15-24-19-10-6-5-9-18(19)23-20(24)13-14-22-21(25)12-11-17-7-3-2-4-8-17/h2-10H,11-16H2,1H3,(H,22,25). The van der Waals surface area contributed by atoms with Crippen molar-refractivity contribution in [1.82, 2.24) is 14.9 Å². The Bertz CT molecular complexity index is 843. The Morgan fingerprint density at radius 3 is 2.65 bits per heavy atom. The number of methoxy groups -OCH3 is 1. The Labute approximate surface area is 154 Å². The van der Waals surface area contributed by atoms with Gasteiger partial charge in [-0.3, -0.25) is 4.79 Å². The van der Waals surface area contributed by atoms with Gasteiger partial charge in [0.25, 0.3) is 0 Å². The molecule has 136 valence electrons. The van der Waals surface area contributed by atoms with E-state index in [9.17, 15) is 4.79 Å². The molecule has 5 heteroatoms. The van der Waals surface area contributed by atoms with Gasteiger partial charge in [-0.2, -0.15) is 0 Å². The van der Waals surface area contributed by atoms with Crippen molar-refractivity contribution >= 4 is 16.9 Å². The average Bonchev–Trinajstić information content (AvgIpc) is 3.03. The molecule has 0 aliphatic heterocycles. The third-order valence-electron chi connectivity index (χ3n) is 4.41. The molecule has 0 aliphatic rings. The van der Waals surface area contributed by atoms with Crippen molar-refractivity contribution in [2.75, 3.05) is 20.3 Å². The van der Waals surface area contributed by atoms with Crippen molar-refractivity contribution in [3.05, 3.63) is 66.0 Å². The molecule has 1 N–H and O–H groups in total. The molecule has 1 aromatic heterocycles. The molecule has 26 heavy (non-hydrogen) atoms. The quantitative estimate of drug-likeness (QED) is 0.645. The van der Waals surface area contributed by atoms with E-state index < -0.39 is 0 Å². The first kappa shape index (κ1) is 18.1. The fourth-order valence-electron chi connectivity index (χ4n) is 3.05. The fourth-order valence-corrected chi connectivity index (χ4v) is 3.05. The number of rotatable bonds is 9. The number of para-hydroxylation sites is 2. The van der Waals surface area contributed by atoms with Crippen LogP contribution in [0.3, 0.4) is 0 Å². The van der Waals surface area contributed by atoms with Gasteiger partial charge in [-0.1, -0.05) is 42.5 Å². The van der Waals surface area contributed by atoms with Gasteiger partial charge in [0.2, 0.25) is 5.91 Å². The molecule has 3 rings (SSSR count). The van der Waals surface area contributed by atoms with Crippen molar-refractivity contribution in [2.24, 2.45) is 0 Å². The van der Waals surface area contributed by atoms with Crippen LogP contribution in [0.15, 0.2) is 54.6 Å². The predicted octanol–water partition coefficient (Wildman–Crippen LogP) is 2.97. The molecule has 1 amide bonds. The molecule has 0 saturated carbocycles. The number of nitrogens with zero attached hydrogens (tertiary/aromatic N) is 2. The van der Waals surface area contributed by atoms with Crippen LogP contribution in [-0.4, -0.2) is 35.7 Å². The fraction of sp³-hybridized carbons (Fsp3) is 0.333. The lowest BCUT2D eigenvalue weighted by Gasteiger charge is -2.09. The Hall–Kier alpha value is -2.66. The van der Waals surface area contributed by atoms with E-state index in [1.54, 1.807) is 7.11 Å². The van der Waals surface area contributed by atoms with E-state index in [-0.39, 0.29) is 5.91 Å². The van der Waals surface area contributed by atoms with Gasteiger partial charge >= 0.3 is 0 Å². The lowest BCUT2D eigenvalue weighted by Crippen LogP contribution is -2.26. The molecule has 0 aliphatic carbocycles. The Kier molecular flexibility index (Phi) is 6.39. The highest BCUT2D eigenvalue weighted by atomic mass is 16.5. The van der Waals surface area contributed by atoms with E-state index >= 15 is 0 Å². The van der Waals surface area contributed by atoms with E-state index in [1.807, 2.05) is 48.5 Å². The van der Waals surface area contributed by atoms with Crippen LogP contribution in [0.1, 0.15) is 17.8 Å². The summed E-state index contributed by atoms with van der Waals surface area (Å²) in [5.74, 6) is 1.06. The smallest absolute Gasteiger partial charge is 0.220 e. The van der Waals surface area contributed by atoms with Crippen molar-refractivity contribution in [3.8, 4) is 0 Å². The number of aryl methyl sites for hydroxylation is 1. The third kappa shape index (κ3) is 4.70. The number of imidazole rings is 1. The molecule has 1 heterocycles. The summed E-state index contributed by atoms with van der Waals surface area (Å²) in [6.45, 7) is 1.98. The first-order valence-corrected chi connectivity index (χ1v) is 9.01. The van der Waals surface area contributed by atoms with Crippen LogP contribution in [0, 0.1) is 0 Å². The number of hydrogen-bond donors (Lipinski definition) is 1. The summed E-state index contributed by atoms with van der Waals surface area (Å²) in [5.41, 5.74) is 3.27. The van der Waals surface area contributed by atoms with Crippen LogP contribution >= 0.6 is 0 Å². The lowest BCUT2D eigenvalue weighted by atomic mass is 10.1. The average molecular weight is 351 g/mol. The SMILES string of the molecule is COCCn1c(CCNC(=O)CCc2ccccc2)nc2ccccc21. The van der Waals surface area contributed by atoms with Gasteiger partial charge in [0.1, 0.15) is 5.82 Å². The zero-order valence-corrected chi connectivity index (χ0v) is 15.1. The van der Waals surface area contributed by atoms with Crippen molar-refractivity contribution < 1.29 is 9.53 Å². The minimum absolute atomic E-state index is 0.0772. The number of benzene rings is 2. The van der Waals surface area contributed by atoms with Crippen LogP contribution in [0.4, 0.5) is 0 Å². The van der Waals surface area contributed by atoms with Crippen LogP contribution in [0.2, 0.25) is 0 Å². The summed E-state index contributed by atoms with van der Waals surface area (Å²) in [6.07, 6.45) is 1.97. The maximum atomic E-state index is 12.1. The van der Waals surface area contributed by atoms with Gasteiger partial charge in [0, 0.05) is 33.0 Å². The normalized spacial score (nSPS) is 11.0. The second-order valence-electron chi connectivity index (χ2n) is 6.25. The zero-order valence-electron chi connectivity index (χ0n) is 15.1. The molecule has 0 saturated heterocycles. The van der Waals surface area contributed by atoms with Crippen LogP contribution in [0.5, 0.6) is 0 Å². The highest BCUT2D eigenvalue weighted by molar-refractivity contribution is 5.77. The van der Waals surface area contributed by atoms with Crippen molar-refractivity contribution in [1.29, 1.82) is 0 Å². The van der Waals surface area contributed by atoms with E-state index in [0.29, 0.717) is 26.0 Å². The maximum absolute atomic E-state index is 12.1. The first-order valence-electron chi connectivity index (χ1n) is 9.01. The number of ether oxygens (including phenoxy) is 1. The molecule has 0 fully saturated rings. The van der Waals surface area contributed by atoms with Crippen LogP contribution < -0.4 is 5.32 Å². The van der Waals surface area contributed by atoms with Gasteiger partial charge in [-0.05, 0) is 24.1 Å². The first-order chi connectivity index (χ1) is 12.8. The molecular formula is C21H25N3O2. The summed E-state index contributed by atoms with van der Waals surface area (Å²) < 4.78 is 7.39. The van der Waals surface area contributed by atoms with Crippen LogP contribution in [-0.2, 0) is 28.9 Å².